The lowest BCUT2D eigenvalue weighted by Crippen LogP contribution is -2.17. The molecule has 5 aromatic rings. The van der Waals surface area contributed by atoms with E-state index in [1.165, 1.54) is 33.8 Å². The summed E-state index contributed by atoms with van der Waals surface area (Å²) in [6.07, 6.45) is 2.83. The Balaban J connectivity index is 1.30. The zero-order chi connectivity index (χ0) is 26.4. The molecule has 6 rings (SSSR count). The number of primary amides is 1. The van der Waals surface area contributed by atoms with Gasteiger partial charge in [-0.25, -0.2) is 4.98 Å². The summed E-state index contributed by atoms with van der Waals surface area (Å²) in [6.45, 7) is 0. The Hall–Kier alpha value is -3.53. The molecule has 0 saturated heterocycles. The minimum Gasteiger partial charge on any atom is -0.397 e. The Labute approximate surface area is 235 Å². The third-order valence-corrected chi connectivity index (χ3v) is 9.52. The summed E-state index contributed by atoms with van der Waals surface area (Å²) in [5.74, 6) is -0.542. The van der Waals surface area contributed by atoms with Gasteiger partial charge in [-0.05, 0) is 60.1 Å². The predicted molar refractivity (Wildman–Crippen MR) is 159 cm³/mol. The number of carbonyl (C=O) groups excluding carboxylic acids is 2. The lowest BCUT2D eigenvalue weighted by Gasteiger charge is -2.24. The number of fused-ring (bicyclic) bond motifs is 2. The molecule has 1 aliphatic carbocycles. The summed E-state index contributed by atoms with van der Waals surface area (Å²) in [4.78, 5) is 31.8. The molecule has 1 unspecified atom stereocenters. The normalized spacial score (nSPS) is 14.8. The van der Waals surface area contributed by atoms with Gasteiger partial charge in [-0.1, -0.05) is 58.4 Å². The van der Waals surface area contributed by atoms with Gasteiger partial charge >= 0.3 is 0 Å². The number of nitrogen functional groups attached to an aromatic ring is 1. The Morgan fingerprint density at radius 2 is 1.84 bits per heavy atom. The molecule has 2 amide bonds. The highest BCUT2D eigenvalue weighted by Gasteiger charge is 2.26. The standard InChI is InChI=1S/C29H23BrN4O2S2/c30-19-9-6-16(7-10-19)21-14-37-29(23(21)26(32)35)34-27(36)25-24(31)20-13-18-12-17(15-4-2-1-3-5-15)8-11-22(18)33-28(20)38-25/h1-7,9-10,13-14,17H,8,11-12,31H2,(H2,32,35)(H,34,36). The number of hydrogen-bond acceptors (Lipinski definition) is 6. The van der Waals surface area contributed by atoms with E-state index in [4.69, 9.17) is 16.5 Å². The van der Waals surface area contributed by atoms with Crippen LogP contribution >= 0.6 is 38.6 Å². The van der Waals surface area contributed by atoms with Gasteiger partial charge < -0.3 is 16.8 Å². The number of aromatic nitrogens is 1. The van der Waals surface area contributed by atoms with E-state index in [0.29, 0.717) is 27.0 Å². The number of halogens is 1. The first-order chi connectivity index (χ1) is 18.4. The van der Waals surface area contributed by atoms with E-state index < -0.39 is 5.91 Å². The number of nitrogens with zero attached hydrogens (tertiary/aromatic N) is 1. The summed E-state index contributed by atoms with van der Waals surface area (Å²) in [5.41, 5.74) is 18.0. The Morgan fingerprint density at radius 1 is 1.08 bits per heavy atom. The van der Waals surface area contributed by atoms with Crippen LogP contribution in [0.5, 0.6) is 0 Å². The van der Waals surface area contributed by atoms with Crippen LogP contribution in [0.25, 0.3) is 21.3 Å². The van der Waals surface area contributed by atoms with Crippen LogP contribution in [0.3, 0.4) is 0 Å². The molecule has 0 radical (unpaired) electrons. The molecular formula is C29H23BrN4O2S2. The maximum absolute atomic E-state index is 13.4. The summed E-state index contributed by atoms with van der Waals surface area (Å²) in [7, 11) is 0. The molecule has 9 heteroatoms. The van der Waals surface area contributed by atoms with E-state index in [0.717, 1.165) is 45.2 Å². The van der Waals surface area contributed by atoms with E-state index in [1.54, 1.807) is 0 Å². The van der Waals surface area contributed by atoms with Crippen molar-refractivity contribution in [2.75, 3.05) is 11.1 Å². The second-order valence-corrected chi connectivity index (χ2v) is 12.1. The maximum atomic E-state index is 13.4. The van der Waals surface area contributed by atoms with E-state index in [2.05, 4.69) is 51.6 Å². The first-order valence-electron chi connectivity index (χ1n) is 12.1. The molecule has 1 aliphatic rings. The Bertz CT molecular complexity index is 1690. The zero-order valence-corrected chi connectivity index (χ0v) is 23.4. The van der Waals surface area contributed by atoms with Gasteiger partial charge in [0.15, 0.2) is 0 Å². The third-order valence-electron chi connectivity index (χ3n) is 6.98. The summed E-state index contributed by atoms with van der Waals surface area (Å²) in [5, 5.41) is 5.90. The monoisotopic (exact) mass is 602 g/mol. The van der Waals surface area contributed by atoms with Crippen molar-refractivity contribution in [2.24, 2.45) is 5.73 Å². The van der Waals surface area contributed by atoms with Crippen LogP contribution in [0, 0.1) is 0 Å². The van der Waals surface area contributed by atoms with Crippen LogP contribution in [0.1, 0.15) is 49.2 Å². The second kappa shape index (κ2) is 9.98. The lowest BCUT2D eigenvalue weighted by molar-refractivity contribution is 0.100. The largest absolute Gasteiger partial charge is 0.397 e. The molecule has 38 heavy (non-hydrogen) atoms. The first-order valence-corrected chi connectivity index (χ1v) is 14.6. The second-order valence-electron chi connectivity index (χ2n) is 9.32. The molecule has 0 bridgehead atoms. The van der Waals surface area contributed by atoms with E-state index >= 15 is 0 Å². The van der Waals surface area contributed by atoms with Crippen LogP contribution in [-0.4, -0.2) is 16.8 Å². The average molecular weight is 604 g/mol. The minimum absolute atomic E-state index is 0.283. The number of pyridine rings is 1. The highest BCUT2D eigenvalue weighted by atomic mass is 79.9. The van der Waals surface area contributed by atoms with Gasteiger partial charge in [0.25, 0.3) is 11.8 Å². The number of benzene rings is 2. The Morgan fingerprint density at radius 3 is 2.58 bits per heavy atom. The number of thiophene rings is 2. The van der Waals surface area contributed by atoms with Crippen molar-refractivity contribution >= 4 is 71.3 Å². The SMILES string of the molecule is NC(=O)c1c(-c2ccc(Br)cc2)csc1NC(=O)c1sc2nc3c(cc2c1N)CC(c1ccccc1)CC3. The number of carbonyl (C=O) groups is 2. The van der Waals surface area contributed by atoms with Crippen LogP contribution < -0.4 is 16.8 Å². The smallest absolute Gasteiger partial charge is 0.268 e. The topological polar surface area (TPSA) is 111 Å². The fourth-order valence-electron chi connectivity index (χ4n) is 5.06. The zero-order valence-electron chi connectivity index (χ0n) is 20.2. The van der Waals surface area contributed by atoms with Gasteiger partial charge in [-0.3, -0.25) is 9.59 Å². The molecular weight excluding hydrogens is 580 g/mol. The van der Waals surface area contributed by atoms with E-state index in [9.17, 15) is 9.59 Å². The number of amides is 2. The highest BCUT2D eigenvalue weighted by Crippen LogP contribution is 2.40. The summed E-state index contributed by atoms with van der Waals surface area (Å²) < 4.78 is 0.928. The highest BCUT2D eigenvalue weighted by molar-refractivity contribution is 9.10. The quantitative estimate of drug-likeness (QED) is 0.201. The van der Waals surface area contributed by atoms with Gasteiger partial charge in [-0.2, -0.15) is 0 Å². The minimum atomic E-state index is -0.605. The van der Waals surface area contributed by atoms with Gasteiger partial charge in [-0.15, -0.1) is 22.7 Å². The van der Waals surface area contributed by atoms with Crippen LogP contribution in [0.2, 0.25) is 0 Å². The maximum Gasteiger partial charge on any atom is 0.268 e. The molecule has 5 N–H and O–H groups in total. The van der Waals surface area contributed by atoms with Crippen LogP contribution in [0.15, 0.2) is 70.5 Å². The number of aryl methyl sites for hydroxylation is 1. The fourth-order valence-corrected chi connectivity index (χ4v) is 7.29. The molecule has 2 aromatic carbocycles. The fraction of sp³-hybridized carbons (Fsp3) is 0.138. The molecule has 0 saturated carbocycles. The molecule has 1 atom stereocenters. The van der Waals surface area contributed by atoms with Gasteiger partial charge in [0.1, 0.15) is 14.7 Å². The molecule has 0 fully saturated rings. The van der Waals surface area contributed by atoms with E-state index in [-0.39, 0.29) is 11.5 Å². The van der Waals surface area contributed by atoms with Crippen molar-refractivity contribution in [2.45, 2.75) is 25.2 Å². The lowest BCUT2D eigenvalue weighted by atomic mass is 9.82. The average Bonchev–Trinajstić information content (AvgIpc) is 3.49. The van der Waals surface area contributed by atoms with Crippen molar-refractivity contribution in [3.63, 3.8) is 0 Å². The number of anilines is 2. The van der Waals surface area contributed by atoms with Crippen molar-refractivity contribution in [1.29, 1.82) is 0 Å². The van der Waals surface area contributed by atoms with Crippen molar-refractivity contribution in [1.82, 2.24) is 4.98 Å². The number of nitrogens with two attached hydrogens (primary N) is 2. The molecule has 0 spiro atoms. The molecule has 0 aliphatic heterocycles. The summed E-state index contributed by atoms with van der Waals surface area (Å²) >= 11 is 5.96. The molecule has 190 valence electrons. The van der Waals surface area contributed by atoms with Crippen LogP contribution in [-0.2, 0) is 12.8 Å². The first kappa shape index (κ1) is 24.8. The third kappa shape index (κ3) is 4.51. The van der Waals surface area contributed by atoms with E-state index in [1.807, 2.05) is 35.7 Å². The Kier molecular flexibility index (Phi) is 6.51. The molecule has 3 heterocycles. The van der Waals surface area contributed by atoms with Gasteiger partial charge in [0, 0.05) is 26.5 Å². The number of rotatable bonds is 5. The molecule has 6 nitrogen and oxygen atoms in total. The molecule has 3 aromatic heterocycles. The van der Waals surface area contributed by atoms with Crippen molar-refractivity contribution in [3.05, 3.63) is 97.8 Å². The van der Waals surface area contributed by atoms with Gasteiger partial charge in [0.05, 0.1) is 11.3 Å². The summed E-state index contributed by atoms with van der Waals surface area (Å²) in [6, 6.07) is 20.2. The van der Waals surface area contributed by atoms with Crippen molar-refractivity contribution in [3.8, 4) is 11.1 Å². The predicted octanol–water partition coefficient (Wildman–Crippen LogP) is 6.99. The van der Waals surface area contributed by atoms with Crippen LogP contribution in [0.4, 0.5) is 10.7 Å². The van der Waals surface area contributed by atoms with Gasteiger partial charge in [0.2, 0.25) is 0 Å². The van der Waals surface area contributed by atoms with Crippen molar-refractivity contribution < 1.29 is 9.59 Å². The number of hydrogen-bond donors (Lipinski definition) is 3. The number of nitrogens with one attached hydrogen (secondary N) is 1.